The van der Waals surface area contributed by atoms with E-state index < -0.39 is 0 Å². The van der Waals surface area contributed by atoms with Gasteiger partial charge in [-0.2, -0.15) is 0 Å². The number of carbonyl (C=O) groups excluding carboxylic acids is 1. The van der Waals surface area contributed by atoms with Gasteiger partial charge in [0.05, 0.1) is 5.54 Å². The Morgan fingerprint density at radius 1 is 1.41 bits per heavy atom. The fourth-order valence-corrected chi connectivity index (χ4v) is 2.35. The minimum absolute atomic E-state index is 0.0985. The molecule has 1 heterocycles. The van der Waals surface area contributed by atoms with Crippen LogP contribution in [-0.2, 0) is 4.79 Å². The molecule has 1 aliphatic heterocycles. The zero-order valence-corrected chi connectivity index (χ0v) is 10.5. The smallest absolute Gasteiger partial charge is 0.244 e. The van der Waals surface area contributed by atoms with Crippen molar-refractivity contribution in [1.29, 1.82) is 0 Å². The maximum absolute atomic E-state index is 12.3. The van der Waals surface area contributed by atoms with E-state index in [1.807, 2.05) is 31.2 Å². The summed E-state index contributed by atoms with van der Waals surface area (Å²) in [7, 11) is 0. The van der Waals surface area contributed by atoms with E-state index >= 15 is 0 Å². The molecule has 0 aliphatic carbocycles. The van der Waals surface area contributed by atoms with Crippen LogP contribution < -0.4 is 10.6 Å². The Bertz CT molecular complexity index is 391. The Labute approximate surface area is 103 Å². The largest absolute Gasteiger partial charge is 0.324 e. The minimum Gasteiger partial charge on any atom is -0.324 e. The van der Waals surface area contributed by atoms with Crippen molar-refractivity contribution in [1.82, 2.24) is 5.32 Å². The van der Waals surface area contributed by atoms with Crippen LogP contribution in [0.1, 0.15) is 31.7 Å². The Morgan fingerprint density at radius 3 is 2.65 bits per heavy atom. The quantitative estimate of drug-likeness (QED) is 0.840. The highest BCUT2D eigenvalue weighted by Gasteiger charge is 2.38. The first kappa shape index (κ1) is 12.1. The second-order valence-corrected chi connectivity index (χ2v) is 4.79. The van der Waals surface area contributed by atoms with Gasteiger partial charge in [0.25, 0.3) is 0 Å². The highest BCUT2D eigenvalue weighted by atomic mass is 16.2. The van der Waals surface area contributed by atoms with Gasteiger partial charge in [-0.3, -0.25) is 4.79 Å². The molecule has 1 saturated heterocycles. The van der Waals surface area contributed by atoms with E-state index in [9.17, 15) is 4.79 Å². The first-order valence-corrected chi connectivity index (χ1v) is 6.29. The summed E-state index contributed by atoms with van der Waals surface area (Å²) in [5.74, 6) is 0.0985. The molecule has 2 N–H and O–H groups in total. The summed E-state index contributed by atoms with van der Waals surface area (Å²) < 4.78 is 0. The van der Waals surface area contributed by atoms with Crippen molar-refractivity contribution in [3.05, 3.63) is 29.8 Å². The van der Waals surface area contributed by atoms with Crippen LogP contribution in [0.3, 0.4) is 0 Å². The molecule has 1 amide bonds. The highest BCUT2D eigenvalue weighted by molar-refractivity contribution is 5.98. The summed E-state index contributed by atoms with van der Waals surface area (Å²) in [5.41, 5.74) is 1.72. The van der Waals surface area contributed by atoms with Crippen LogP contribution in [-0.4, -0.2) is 18.0 Å². The van der Waals surface area contributed by atoms with Gasteiger partial charge in [0.1, 0.15) is 0 Å². The molecule has 0 bridgehead atoms. The zero-order valence-electron chi connectivity index (χ0n) is 10.5. The van der Waals surface area contributed by atoms with E-state index in [1.54, 1.807) is 0 Å². The van der Waals surface area contributed by atoms with Crippen molar-refractivity contribution in [3.63, 3.8) is 0 Å². The number of benzene rings is 1. The van der Waals surface area contributed by atoms with Crippen LogP contribution in [0.25, 0.3) is 0 Å². The third-order valence-corrected chi connectivity index (χ3v) is 3.59. The fourth-order valence-electron chi connectivity index (χ4n) is 2.35. The number of amides is 1. The van der Waals surface area contributed by atoms with E-state index in [0.717, 1.165) is 31.5 Å². The molecule has 1 aromatic carbocycles. The molecule has 1 fully saturated rings. The van der Waals surface area contributed by atoms with Gasteiger partial charge in [0.2, 0.25) is 5.91 Å². The second kappa shape index (κ2) is 4.88. The molecule has 1 aliphatic rings. The van der Waals surface area contributed by atoms with Crippen molar-refractivity contribution < 1.29 is 4.79 Å². The summed E-state index contributed by atoms with van der Waals surface area (Å²) in [6, 6.07) is 7.92. The topological polar surface area (TPSA) is 41.1 Å². The molecule has 3 nitrogen and oxygen atoms in total. The first-order chi connectivity index (χ1) is 8.16. The van der Waals surface area contributed by atoms with Gasteiger partial charge in [-0.15, -0.1) is 0 Å². The van der Waals surface area contributed by atoms with Gasteiger partial charge in [-0.1, -0.05) is 24.6 Å². The predicted octanol–water partition coefficient (Wildman–Crippen LogP) is 2.47. The summed E-state index contributed by atoms with van der Waals surface area (Å²) in [6.07, 6.45) is 2.85. The monoisotopic (exact) mass is 232 g/mol. The van der Waals surface area contributed by atoms with Gasteiger partial charge in [-0.05, 0) is 44.9 Å². The lowest BCUT2D eigenvalue weighted by molar-refractivity contribution is -0.122. The van der Waals surface area contributed by atoms with Crippen molar-refractivity contribution in [3.8, 4) is 0 Å². The number of carbonyl (C=O) groups is 1. The molecule has 3 heteroatoms. The first-order valence-electron chi connectivity index (χ1n) is 6.29. The Balaban J connectivity index is 2.08. The number of aryl methyl sites for hydroxylation is 1. The van der Waals surface area contributed by atoms with Crippen LogP contribution in [0.15, 0.2) is 24.3 Å². The lowest BCUT2D eigenvalue weighted by Crippen LogP contribution is -2.50. The van der Waals surface area contributed by atoms with Crippen molar-refractivity contribution in [2.75, 3.05) is 11.9 Å². The second-order valence-electron chi connectivity index (χ2n) is 4.79. The average molecular weight is 232 g/mol. The van der Waals surface area contributed by atoms with E-state index in [1.165, 1.54) is 5.56 Å². The normalized spacial score (nSPS) is 23.6. The van der Waals surface area contributed by atoms with Gasteiger partial charge in [0.15, 0.2) is 0 Å². The third kappa shape index (κ3) is 2.50. The number of hydrogen-bond acceptors (Lipinski definition) is 2. The van der Waals surface area contributed by atoms with E-state index in [4.69, 9.17) is 0 Å². The Kier molecular flexibility index (Phi) is 3.48. The SMILES string of the molecule is CCC1(C(=O)Nc2ccc(C)cc2)CCCN1. The zero-order chi connectivity index (χ0) is 12.3. The van der Waals surface area contributed by atoms with Gasteiger partial charge < -0.3 is 10.6 Å². The number of rotatable bonds is 3. The van der Waals surface area contributed by atoms with E-state index in [2.05, 4.69) is 17.6 Å². The molecule has 92 valence electrons. The molecule has 0 aromatic heterocycles. The summed E-state index contributed by atoms with van der Waals surface area (Å²) >= 11 is 0. The van der Waals surface area contributed by atoms with Crippen molar-refractivity contribution in [2.24, 2.45) is 0 Å². The van der Waals surface area contributed by atoms with Crippen molar-refractivity contribution in [2.45, 2.75) is 38.6 Å². The van der Waals surface area contributed by atoms with Crippen LogP contribution in [0, 0.1) is 6.92 Å². The third-order valence-electron chi connectivity index (χ3n) is 3.59. The Morgan fingerprint density at radius 2 is 2.12 bits per heavy atom. The summed E-state index contributed by atoms with van der Waals surface area (Å²) in [4.78, 5) is 12.3. The maximum Gasteiger partial charge on any atom is 0.244 e. The van der Waals surface area contributed by atoms with Crippen molar-refractivity contribution >= 4 is 11.6 Å². The van der Waals surface area contributed by atoms with E-state index in [0.29, 0.717) is 0 Å². The van der Waals surface area contributed by atoms with Crippen LogP contribution in [0.5, 0.6) is 0 Å². The van der Waals surface area contributed by atoms with Gasteiger partial charge >= 0.3 is 0 Å². The number of hydrogen-bond donors (Lipinski definition) is 2. The minimum atomic E-state index is -0.356. The van der Waals surface area contributed by atoms with Crippen LogP contribution in [0.2, 0.25) is 0 Å². The lowest BCUT2D eigenvalue weighted by Gasteiger charge is -2.26. The predicted molar refractivity (Wildman–Crippen MR) is 70.1 cm³/mol. The molecular weight excluding hydrogens is 212 g/mol. The summed E-state index contributed by atoms with van der Waals surface area (Å²) in [6.45, 7) is 5.04. The van der Waals surface area contributed by atoms with Gasteiger partial charge in [0, 0.05) is 5.69 Å². The maximum atomic E-state index is 12.3. The van der Waals surface area contributed by atoms with E-state index in [-0.39, 0.29) is 11.4 Å². The molecule has 1 aromatic rings. The van der Waals surface area contributed by atoms with Crippen LogP contribution >= 0.6 is 0 Å². The molecule has 1 atom stereocenters. The van der Waals surface area contributed by atoms with Gasteiger partial charge in [-0.25, -0.2) is 0 Å². The number of anilines is 1. The fraction of sp³-hybridized carbons (Fsp3) is 0.500. The average Bonchev–Trinajstić information content (AvgIpc) is 2.82. The molecule has 0 radical (unpaired) electrons. The molecule has 17 heavy (non-hydrogen) atoms. The highest BCUT2D eigenvalue weighted by Crippen LogP contribution is 2.24. The molecule has 1 unspecified atom stereocenters. The molecule has 2 rings (SSSR count). The standard InChI is InChI=1S/C14H20N2O/c1-3-14(9-4-10-15-14)13(17)16-12-7-5-11(2)6-8-12/h5-8,15H,3-4,9-10H2,1-2H3,(H,16,17). The molecular formula is C14H20N2O. The Hall–Kier alpha value is -1.35. The number of nitrogens with one attached hydrogen (secondary N) is 2. The molecule has 0 spiro atoms. The lowest BCUT2D eigenvalue weighted by atomic mass is 9.93. The van der Waals surface area contributed by atoms with Crippen LogP contribution in [0.4, 0.5) is 5.69 Å². The molecule has 0 saturated carbocycles. The summed E-state index contributed by atoms with van der Waals surface area (Å²) in [5, 5.41) is 6.34.